The van der Waals surface area contributed by atoms with Crippen LogP contribution < -0.4 is 21.1 Å². The molecule has 0 saturated heterocycles. The fraction of sp³-hybridized carbons (Fsp3) is 0.407. The molecule has 0 fully saturated rings. The lowest BCUT2D eigenvalue weighted by molar-refractivity contribution is -0.135. The Bertz CT molecular complexity index is 1350. The van der Waals surface area contributed by atoms with Crippen LogP contribution in [0.15, 0.2) is 42.5 Å². The largest absolute Gasteiger partial charge is 0.496 e. The molecule has 0 saturated carbocycles. The van der Waals surface area contributed by atoms with Crippen molar-refractivity contribution in [2.75, 3.05) is 31.2 Å². The van der Waals surface area contributed by atoms with Crippen LogP contribution in [0.4, 0.5) is 24.9 Å². The lowest BCUT2D eigenvalue weighted by atomic mass is 10.1. The van der Waals surface area contributed by atoms with Gasteiger partial charge in [-0.2, -0.15) is 18.2 Å². The highest BCUT2D eigenvalue weighted by Crippen LogP contribution is 2.34. The molecule has 0 bridgehead atoms. The van der Waals surface area contributed by atoms with Gasteiger partial charge in [-0.25, -0.2) is 4.98 Å². The number of anilines is 2. The Balaban J connectivity index is 1.67. The third-order valence-electron chi connectivity index (χ3n) is 6.26. The summed E-state index contributed by atoms with van der Waals surface area (Å²) < 4.78 is 45.1. The Hall–Kier alpha value is -3.53. The normalized spacial score (nSPS) is 11.9. The fourth-order valence-corrected chi connectivity index (χ4v) is 4.50. The molecule has 0 unspecified atom stereocenters. The molecule has 0 atom stereocenters. The maximum atomic E-state index is 12.4. The van der Waals surface area contributed by atoms with Crippen molar-refractivity contribution < 1.29 is 17.9 Å². The zero-order valence-electron chi connectivity index (χ0n) is 21.2. The lowest BCUT2D eigenvalue weighted by Crippen LogP contribution is -2.18. The molecular weight excluding hydrogens is 481 g/mol. The van der Waals surface area contributed by atoms with Gasteiger partial charge in [0.05, 0.1) is 19.2 Å². The highest BCUT2D eigenvalue weighted by Gasteiger charge is 2.25. The summed E-state index contributed by atoms with van der Waals surface area (Å²) in [4.78, 5) is 9.09. The van der Waals surface area contributed by atoms with Crippen LogP contribution in [0, 0.1) is 0 Å². The van der Waals surface area contributed by atoms with E-state index >= 15 is 0 Å². The van der Waals surface area contributed by atoms with Gasteiger partial charge >= 0.3 is 6.18 Å². The Morgan fingerprint density at radius 2 is 1.86 bits per heavy atom. The predicted molar refractivity (Wildman–Crippen MR) is 142 cm³/mol. The molecule has 4 aromatic rings. The number of nitrogens with one attached hydrogen (secondary N) is 2. The first-order chi connectivity index (χ1) is 17.8. The molecule has 0 aliphatic heterocycles. The van der Waals surface area contributed by atoms with Crippen LogP contribution in [-0.4, -0.2) is 40.9 Å². The molecule has 0 aliphatic rings. The van der Waals surface area contributed by atoms with Crippen LogP contribution in [0.25, 0.3) is 21.9 Å². The third-order valence-corrected chi connectivity index (χ3v) is 6.26. The average molecular weight is 515 g/mol. The number of para-hydroxylation sites is 1. The Kier molecular flexibility index (Phi) is 8.38. The number of nitrogens with zero attached hydrogens (tertiary/aromatic N) is 3. The number of rotatable bonds is 12. The van der Waals surface area contributed by atoms with Crippen molar-refractivity contribution >= 4 is 33.7 Å². The van der Waals surface area contributed by atoms with E-state index < -0.39 is 12.6 Å². The molecule has 37 heavy (non-hydrogen) atoms. The monoisotopic (exact) mass is 514 g/mol. The number of alkyl halides is 3. The summed E-state index contributed by atoms with van der Waals surface area (Å²) in [6, 6.07) is 13.9. The number of aromatic nitrogens is 3. The van der Waals surface area contributed by atoms with Crippen molar-refractivity contribution in [3.63, 3.8) is 0 Å². The number of halogens is 3. The van der Waals surface area contributed by atoms with E-state index in [-0.39, 0.29) is 12.4 Å². The van der Waals surface area contributed by atoms with E-state index in [2.05, 4.69) is 32.1 Å². The number of hydrogen-bond donors (Lipinski definition) is 3. The van der Waals surface area contributed by atoms with Crippen LogP contribution >= 0.6 is 0 Å². The molecule has 4 rings (SSSR count). The van der Waals surface area contributed by atoms with Gasteiger partial charge in [-0.3, -0.25) is 0 Å². The number of fused-ring (bicyclic) bond motifs is 3. The van der Waals surface area contributed by atoms with E-state index in [0.717, 1.165) is 58.2 Å². The van der Waals surface area contributed by atoms with Crippen LogP contribution in [-0.2, 0) is 13.1 Å². The maximum absolute atomic E-state index is 12.4. The van der Waals surface area contributed by atoms with E-state index in [1.807, 2.05) is 42.5 Å². The van der Waals surface area contributed by atoms with Crippen molar-refractivity contribution in [3.05, 3.63) is 53.6 Å². The number of unbranched alkanes of at least 4 members (excludes halogenated alkanes) is 1. The molecule has 0 radical (unpaired) electrons. The minimum atomic E-state index is -4.13. The average Bonchev–Trinajstić information content (AvgIpc) is 3.17. The summed E-state index contributed by atoms with van der Waals surface area (Å²) >= 11 is 0. The van der Waals surface area contributed by atoms with E-state index in [9.17, 15) is 13.2 Å². The maximum Gasteiger partial charge on any atom is 0.389 e. The molecule has 2 heterocycles. The second kappa shape index (κ2) is 11.7. The first-order valence-corrected chi connectivity index (χ1v) is 12.5. The highest BCUT2D eigenvalue weighted by atomic mass is 19.4. The first-order valence-electron chi connectivity index (χ1n) is 12.5. The van der Waals surface area contributed by atoms with Crippen molar-refractivity contribution in [1.29, 1.82) is 0 Å². The fourth-order valence-electron chi connectivity index (χ4n) is 4.50. The van der Waals surface area contributed by atoms with Crippen molar-refractivity contribution in [3.8, 4) is 5.75 Å². The van der Waals surface area contributed by atoms with E-state index in [1.165, 1.54) is 0 Å². The molecule has 7 nitrogen and oxygen atoms in total. The standard InChI is InChI=1S/C27H33F3N6O/c1-3-4-14-33-25-24-23(34-26(31)35-25)20-8-5-6-9-21(20)36(24)17-19-15-18(10-11-22(19)37-2)16-32-13-7-12-27(28,29)30/h5-6,8-11,15,32H,3-4,7,12-14,16-17H2,1-2H3,(H3,31,33,34,35). The highest BCUT2D eigenvalue weighted by molar-refractivity contribution is 6.09. The smallest absolute Gasteiger partial charge is 0.389 e. The summed E-state index contributed by atoms with van der Waals surface area (Å²) in [5.74, 6) is 1.63. The van der Waals surface area contributed by atoms with Crippen LogP contribution in [0.3, 0.4) is 0 Å². The molecule has 0 aliphatic carbocycles. The summed E-state index contributed by atoms with van der Waals surface area (Å²) in [6.45, 7) is 4.14. The van der Waals surface area contributed by atoms with Gasteiger partial charge in [-0.15, -0.1) is 0 Å². The minimum absolute atomic E-state index is 0.0464. The van der Waals surface area contributed by atoms with E-state index in [0.29, 0.717) is 25.5 Å². The number of nitrogens with two attached hydrogens (primary N) is 1. The molecule has 10 heteroatoms. The topological polar surface area (TPSA) is 90.0 Å². The zero-order valence-corrected chi connectivity index (χ0v) is 21.2. The molecule has 0 spiro atoms. The summed E-state index contributed by atoms with van der Waals surface area (Å²) in [5.41, 5.74) is 10.6. The summed E-state index contributed by atoms with van der Waals surface area (Å²) in [7, 11) is 1.63. The van der Waals surface area contributed by atoms with Gasteiger partial charge in [0.1, 0.15) is 16.8 Å². The summed E-state index contributed by atoms with van der Waals surface area (Å²) in [5, 5.41) is 7.52. The van der Waals surface area contributed by atoms with Crippen molar-refractivity contribution in [2.24, 2.45) is 0 Å². The van der Waals surface area contributed by atoms with E-state index in [4.69, 9.17) is 10.5 Å². The second-order valence-electron chi connectivity index (χ2n) is 9.05. The molecule has 0 amide bonds. The third kappa shape index (κ3) is 6.43. The van der Waals surface area contributed by atoms with Gasteiger partial charge in [0.25, 0.3) is 0 Å². The number of benzene rings is 2. The number of ether oxygens (including phenoxy) is 1. The van der Waals surface area contributed by atoms with Gasteiger partial charge < -0.3 is 25.7 Å². The zero-order chi connectivity index (χ0) is 26.4. The Morgan fingerprint density at radius 3 is 2.62 bits per heavy atom. The second-order valence-corrected chi connectivity index (χ2v) is 9.05. The van der Waals surface area contributed by atoms with E-state index in [1.54, 1.807) is 7.11 Å². The number of hydrogen-bond acceptors (Lipinski definition) is 6. The van der Waals surface area contributed by atoms with Crippen LogP contribution in [0.5, 0.6) is 5.75 Å². The van der Waals surface area contributed by atoms with Gasteiger partial charge in [0, 0.05) is 30.5 Å². The molecule has 2 aromatic carbocycles. The first kappa shape index (κ1) is 26.5. The SMILES string of the molecule is CCCCNc1nc(N)nc2c3ccccc3n(Cc3cc(CNCCCC(F)(F)F)ccc3OC)c12. The lowest BCUT2D eigenvalue weighted by Gasteiger charge is -2.15. The van der Waals surface area contributed by atoms with Gasteiger partial charge in [0.2, 0.25) is 5.95 Å². The van der Waals surface area contributed by atoms with Gasteiger partial charge in [-0.1, -0.05) is 37.6 Å². The molecule has 198 valence electrons. The summed E-state index contributed by atoms with van der Waals surface area (Å²) in [6.07, 6.45) is -2.82. The van der Waals surface area contributed by atoms with Crippen LogP contribution in [0.2, 0.25) is 0 Å². The minimum Gasteiger partial charge on any atom is -0.496 e. The van der Waals surface area contributed by atoms with Gasteiger partial charge in [0.15, 0.2) is 5.82 Å². The quantitative estimate of drug-likeness (QED) is 0.205. The number of methoxy groups -OCH3 is 1. The predicted octanol–water partition coefficient (Wildman–Crippen LogP) is 5.87. The number of nitrogen functional groups attached to an aromatic ring is 1. The van der Waals surface area contributed by atoms with Gasteiger partial charge in [-0.05, 0) is 43.1 Å². The van der Waals surface area contributed by atoms with Crippen LogP contribution in [0.1, 0.15) is 43.7 Å². The molecular formula is C27H33F3N6O. The molecule has 2 aromatic heterocycles. The molecule has 4 N–H and O–H groups in total. The Labute approximate surface area is 214 Å². The van der Waals surface area contributed by atoms with Crippen molar-refractivity contribution in [1.82, 2.24) is 19.9 Å². The van der Waals surface area contributed by atoms with Crippen molar-refractivity contribution in [2.45, 2.75) is 51.9 Å². The Morgan fingerprint density at radius 1 is 1.05 bits per heavy atom.